The summed E-state index contributed by atoms with van der Waals surface area (Å²) >= 11 is 0. The van der Waals surface area contributed by atoms with Crippen LogP contribution in [0.4, 0.5) is 10.1 Å². The molecule has 2 aliphatic heterocycles. The van der Waals surface area contributed by atoms with Gasteiger partial charge in [0, 0.05) is 43.5 Å². The maximum Gasteiger partial charge on any atom is 0.165 e. The van der Waals surface area contributed by atoms with E-state index < -0.39 is 0 Å². The Morgan fingerprint density at radius 2 is 1.91 bits per heavy atom. The molecule has 4 rings (SSSR count). The van der Waals surface area contributed by atoms with Crippen molar-refractivity contribution in [1.82, 2.24) is 4.90 Å². The van der Waals surface area contributed by atoms with Crippen molar-refractivity contribution in [2.45, 2.75) is 51.6 Å². The third kappa shape index (κ3) is 4.57. The monoisotopic (exact) mass is 441 g/mol. The highest BCUT2D eigenvalue weighted by Crippen LogP contribution is 2.40. The minimum atomic E-state index is -0.311. The van der Waals surface area contributed by atoms with Crippen LogP contribution in [0.15, 0.2) is 30.3 Å². The smallest absolute Gasteiger partial charge is 0.165 e. The van der Waals surface area contributed by atoms with Crippen molar-refractivity contribution in [3.05, 3.63) is 52.8 Å². The summed E-state index contributed by atoms with van der Waals surface area (Å²) in [7, 11) is 1.52. The van der Waals surface area contributed by atoms with Gasteiger partial charge in [-0.3, -0.25) is 4.90 Å². The number of benzene rings is 2. The second-order valence-electron chi connectivity index (χ2n) is 9.00. The number of anilines is 1. The first kappa shape index (κ1) is 22.9. The number of nitrogens with zero attached hydrogens (tertiary/aromatic N) is 2. The van der Waals surface area contributed by atoms with E-state index in [9.17, 15) is 4.39 Å². The molecule has 2 heterocycles. The van der Waals surface area contributed by atoms with E-state index >= 15 is 0 Å². The lowest BCUT2D eigenvalue weighted by atomic mass is 9.86. The lowest BCUT2D eigenvalue weighted by Gasteiger charge is -2.49. The van der Waals surface area contributed by atoms with Gasteiger partial charge in [0.25, 0.3) is 0 Å². The van der Waals surface area contributed by atoms with Gasteiger partial charge >= 0.3 is 0 Å². The van der Waals surface area contributed by atoms with Gasteiger partial charge in [0.15, 0.2) is 11.6 Å². The molecule has 2 fully saturated rings. The van der Waals surface area contributed by atoms with Gasteiger partial charge in [-0.05, 0) is 81.0 Å². The minimum Gasteiger partial charge on any atom is -0.494 e. The quantitative estimate of drug-likeness (QED) is 0.637. The summed E-state index contributed by atoms with van der Waals surface area (Å²) in [4.78, 5) is 5.06. The van der Waals surface area contributed by atoms with Crippen LogP contribution in [0.5, 0.6) is 11.5 Å². The molecular weight excluding hydrogens is 405 g/mol. The highest BCUT2D eigenvalue weighted by atomic mass is 19.1. The first-order chi connectivity index (χ1) is 15.5. The molecule has 0 saturated carbocycles. The molecule has 2 aromatic carbocycles. The molecule has 6 heteroatoms. The van der Waals surface area contributed by atoms with E-state index in [1.165, 1.54) is 49.1 Å². The first-order valence-corrected chi connectivity index (χ1v) is 11.8. The molecule has 0 aliphatic carbocycles. The molecule has 2 N–H and O–H groups in total. The van der Waals surface area contributed by atoms with Gasteiger partial charge < -0.3 is 20.1 Å². The fourth-order valence-electron chi connectivity index (χ4n) is 5.26. The average molecular weight is 442 g/mol. The Balaban J connectivity index is 1.50. The number of hydrogen-bond acceptors (Lipinski definition) is 5. The Kier molecular flexibility index (Phi) is 7.21. The van der Waals surface area contributed by atoms with E-state index in [1.54, 1.807) is 0 Å². The number of hydrogen-bond donors (Lipinski definition) is 1. The molecule has 2 saturated heterocycles. The zero-order chi connectivity index (χ0) is 22.7. The number of ether oxygens (including phenoxy) is 2. The third-order valence-electron chi connectivity index (χ3n) is 7.19. The topological polar surface area (TPSA) is 51.0 Å². The molecule has 0 radical (unpaired) electrons. The summed E-state index contributed by atoms with van der Waals surface area (Å²) < 4.78 is 25.0. The molecule has 2 aliphatic rings. The van der Waals surface area contributed by atoms with Crippen LogP contribution in [0.25, 0.3) is 0 Å². The number of piperidine rings is 1. The van der Waals surface area contributed by atoms with E-state index in [1.807, 2.05) is 12.1 Å². The Labute approximate surface area is 191 Å². The van der Waals surface area contributed by atoms with Crippen molar-refractivity contribution in [3.8, 4) is 11.5 Å². The van der Waals surface area contributed by atoms with Crippen LogP contribution in [0.2, 0.25) is 0 Å². The van der Waals surface area contributed by atoms with Crippen molar-refractivity contribution in [2.75, 3.05) is 44.8 Å². The molecule has 0 spiro atoms. The SMILES string of the molecule is COc1cc(N2CCN3C(CCC[C@@H]3c3ccc(OCCCN)c(C)c3C)C2)ccc1F. The molecule has 2 atom stereocenters. The van der Waals surface area contributed by atoms with Crippen molar-refractivity contribution in [1.29, 1.82) is 0 Å². The Hall–Kier alpha value is -2.31. The fourth-order valence-corrected chi connectivity index (χ4v) is 5.26. The molecule has 0 bridgehead atoms. The van der Waals surface area contributed by atoms with Crippen LogP contribution in [0.3, 0.4) is 0 Å². The summed E-state index contributed by atoms with van der Waals surface area (Å²) in [5.41, 5.74) is 10.6. The van der Waals surface area contributed by atoms with Gasteiger partial charge in [0.1, 0.15) is 5.75 Å². The molecule has 174 valence electrons. The highest BCUT2D eigenvalue weighted by Gasteiger charge is 2.36. The second-order valence-corrected chi connectivity index (χ2v) is 9.00. The van der Waals surface area contributed by atoms with Gasteiger partial charge in [-0.25, -0.2) is 4.39 Å². The van der Waals surface area contributed by atoms with Crippen molar-refractivity contribution in [3.63, 3.8) is 0 Å². The summed E-state index contributed by atoms with van der Waals surface area (Å²) in [5.74, 6) is 0.974. The van der Waals surface area contributed by atoms with E-state index in [4.69, 9.17) is 15.2 Å². The standard InChI is InChI=1S/C26H36FN3O2/c1-18-19(2)25(32-15-5-12-28)11-9-22(18)24-7-4-6-21-17-29(13-14-30(21)24)20-8-10-23(27)26(16-20)31-3/h8-11,16,21,24H,4-7,12-15,17,28H2,1-3H3/t21?,24-/m1/s1. The van der Waals surface area contributed by atoms with Crippen LogP contribution in [0, 0.1) is 19.7 Å². The number of rotatable bonds is 7. The Morgan fingerprint density at radius 1 is 1.06 bits per heavy atom. The maximum atomic E-state index is 13.9. The van der Waals surface area contributed by atoms with Crippen molar-refractivity contribution < 1.29 is 13.9 Å². The van der Waals surface area contributed by atoms with Crippen LogP contribution < -0.4 is 20.1 Å². The number of piperazine rings is 1. The second kappa shape index (κ2) is 10.1. The Bertz CT molecular complexity index is 936. The molecular formula is C26H36FN3O2. The van der Waals surface area contributed by atoms with E-state index in [2.05, 4.69) is 35.8 Å². The van der Waals surface area contributed by atoms with E-state index in [-0.39, 0.29) is 5.82 Å². The lowest BCUT2D eigenvalue weighted by molar-refractivity contribution is 0.0712. The summed E-state index contributed by atoms with van der Waals surface area (Å²) in [6, 6.07) is 10.5. The molecule has 5 nitrogen and oxygen atoms in total. The minimum absolute atomic E-state index is 0.311. The van der Waals surface area contributed by atoms with Gasteiger partial charge in [-0.2, -0.15) is 0 Å². The highest BCUT2D eigenvalue weighted by molar-refractivity contribution is 5.52. The summed E-state index contributed by atoms with van der Waals surface area (Å²) in [6.07, 6.45) is 4.48. The predicted octanol–water partition coefficient (Wildman–Crippen LogP) is 4.59. The zero-order valence-electron chi connectivity index (χ0n) is 19.6. The Morgan fingerprint density at radius 3 is 2.69 bits per heavy atom. The van der Waals surface area contributed by atoms with Gasteiger partial charge in [-0.15, -0.1) is 0 Å². The maximum absolute atomic E-state index is 13.9. The van der Waals surface area contributed by atoms with Gasteiger partial charge in [0.2, 0.25) is 0 Å². The number of methoxy groups -OCH3 is 1. The fraction of sp³-hybridized carbons (Fsp3) is 0.538. The van der Waals surface area contributed by atoms with Gasteiger partial charge in [-0.1, -0.05) is 6.07 Å². The largest absolute Gasteiger partial charge is 0.494 e. The molecule has 0 aromatic heterocycles. The number of halogens is 1. The molecule has 0 amide bonds. The van der Waals surface area contributed by atoms with Crippen LogP contribution >= 0.6 is 0 Å². The zero-order valence-corrected chi connectivity index (χ0v) is 19.6. The third-order valence-corrected chi connectivity index (χ3v) is 7.19. The molecule has 32 heavy (non-hydrogen) atoms. The van der Waals surface area contributed by atoms with Crippen LogP contribution in [0.1, 0.15) is 48.4 Å². The average Bonchev–Trinajstić information content (AvgIpc) is 2.82. The number of fused-ring (bicyclic) bond motifs is 1. The summed E-state index contributed by atoms with van der Waals surface area (Å²) in [6.45, 7) is 8.60. The van der Waals surface area contributed by atoms with Crippen LogP contribution in [-0.2, 0) is 0 Å². The normalized spacial score (nSPS) is 21.3. The van der Waals surface area contributed by atoms with Crippen molar-refractivity contribution in [2.24, 2.45) is 5.73 Å². The van der Waals surface area contributed by atoms with E-state index in [0.717, 1.165) is 37.5 Å². The molecule has 2 aromatic rings. The first-order valence-electron chi connectivity index (χ1n) is 11.8. The van der Waals surface area contributed by atoms with Crippen molar-refractivity contribution >= 4 is 5.69 Å². The molecule has 1 unspecified atom stereocenters. The summed E-state index contributed by atoms with van der Waals surface area (Å²) in [5, 5.41) is 0. The lowest BCUT2D eigenvalue weighted by Crippen LogP contribution is -2.56. The van der Waals surface area contributed by atoms with Gasteiger partial charge in [0.05, 0.1) is 13.7 Å². The number of nitrogens with two attached hydrogens (primary N) is 1. The van der Waals surface area contributed by atoms with Crippen LogP contribution in [-0.4, -0.2) is 50.8 Å². The predicted molar refractivity (Wildman–Crippen MR) is 127 cm³/mol. The van der Waals surface area contributed by atoms with E-state index in [0.29, 0.717) is 31.0 Å².